The van der Waals surface area contributed by atoms with Crippen LogP contribution >= 0.6 is 12.4 Å². The SMILES string of the molecule is COCC1(C(=O)NCC(O)COc2ccc3c(c2)OCO3)CCNCC1.Cl. The number of halogens is 1. The number of fused-ring (bicyclic) bond motifs is 1. The molecule has 0 radical (unpaired) electrons. The number of piperidine rings is 1. The highest BCUT2D eigenvalue weighted by atomic mass is 35.5. The summed E-state index contributed by atoms with van der Waals surface area (Å²) in [6.45, 7) is 2.34. The lowest BCUT2D eigenvalue weighted by molar-refractivity contribution is -0.136. The Balaban J connectivity index is 0.00000261. The molecule has 3 N–H and O–H groups in total. The molecule has 0 bridgehead atoms. The first-order valence-corrected chi connectivity index (χ1v) is 8.81. The van der Waals surface area contributed by atoms with E-state index in [4.69, 9.17) is 18.9 Å². The van der Waals surface area contributed by atoms with E-state index in [9.17, 15) is 9.90 Å². The number of hydrogen-bond donors (Lipinski definition) is 3. The van der Waals surface area contributed by atoms with Crippen molar-refractivity contribution in [3.63, 3.8) is 0 Å². The first-order chi connectivity index (χ1) is 12.6. The molecular weight excluding hydrogens is 376 g/mol. The van der Waals surface area contributed by atoms with Gasteiger partial charge in [0.15, 0.2) is 11.5 Å². The number of nitrogens with one attached hydrogen (secondary N) is 2. The van der Waals surface area contributed by atoms with E-state index in [2.05, 4.69) is 10.6 Å². The van der Waals surface area contributed by atoms with Crippen molar-refractivity contribution < 1.29 is 28.8 Å². The van der Waals surface area contributed by atoms with Gasteiger partial charge >= 0.3 is 0 Å². The first-order valence-electron chi connectivity index (χ1n) is 8.81. The van der Waals surface area contributed by atoms with Gasteiger partial charge in [0.25, 0.3) is 0 Å². The van der Waals surface area contributed by atoms with Gasteiger partial charge in [-0.3, -0.25) is 4.79 Å². The van der Waals surface area contributed by atoms with Gasteiger partial charge < -0.3 is 34.7 Å². The van der Waals surface area contributed by atoms with Crippen LogP contribution < -0.4 is 24.8 Å². The van der Waals surface area contributed by atoms with Crippen LogP contribution in [-0.2, 0) is 9.53 Å². The molecule has 1 saturated heterocycles. The number of rotatable bonds is 8. The first kappa shape index (κ1) is 21.6. The number of amides is 1. The minimum Gasteiger partial charge on any atom is -0.491 e. The molecule has 1 amide bonds. The van der Waals surface area contributed by atoms with E-state index in [1.807, 2.05) is 0 Å². The maximum atomic E-state index is 12.6. The van der Waals surface area contributed by atoms with Gasteiger partial charge in [0.2, 0.25) is 12.7 Å². The van der Waals surface area contributed by atoms with Crippen molar-refractivity contribution in [3.05, 3.63) is 18.2 Å². The van der Waals surface area contributed by atoms with Crippen molar-refractivity contribution in [1.82, 2.24) is 10.6 Å². The Labute approximate surface area is 164 Å². The van der Waals surface area contributed by atoms with Crippen molar-refractivity contribution >= 4 is 18.3 Å². The zero-order chi connectivity index (χ0) is 18.4. The van der Waals surface area contributed by atoms with Crippen molar-refractivity contribution in [3.8, 4) is 17.2 Å². The summed E-state index contributed by atoms with van der Waals surface area (Å²) in [5.74, 6) is 1.80. The molecule has 0 saturated carbocycles. The third-order valence-corrected chi connectivity index (χ3v) is 4.75. The monoisotopic (exact) mass is 402 g/mol. The third-order valence-electron chi connectivity index (χ3n) is 4.75. The van der Waals surface area contributed by atoms with Gasteiger partial charge in [-0.05, 0) is 38.1 Å². The van der Waals surface area contributed by atoms with Crippen molar-refractivity contribution in [2.24, 2.45) is 5.41 Å². The molecule has 0 aromatic heterocycles. The van der Waals surface area contributed by atoms with E-state index in [1.165, 1.54) is 0 Å². The zero-order valence-corrected chi connectivity index (χ0v) is 16.2. The van der Waals surface area contributed by atoms with Crippen molar-refractivity contribution in [1.29, 1.82) is 0 Å². The average molecular weight is 403 g/mol. The maximum Gasteiger partial charge on any atom is 0.231 e. The minimum absolute atomic E-state index is 0. The predicted octanol–water partition coefficient (Wildman–Crippen LogP) is 0.709. The summed E-state index contributed by atoms with van der Waals surface area (Å²) >= 11 is 0. The number of hydrogen-bond acceptors (Lipinski definition) is 7. The van der Waals surface area contributed by atoms with Gasteiger partial charge in [-0.2, -0.15) is 0 Å². The fraction of sp³-hybridized carbons (Fsp3) is 0.611. The molecule has 1 unspecified atom stereocenters. The third kappa shape index (κ3) is 5.38. The van der Waals surface area contributed by atoms with Crippen LogP contribution in [-0.4, -0.2) is 63.9 Å². The van der Waals surface area contributed by atoms with E-state index in [0.717, 1.165) is 25.9 Å². The largest absolute Gasteiger partial charge is 0.491 e. The molecule has 9 heteroatoms. The molecule has 27 heavy (non-hydrogen) atoms. The predicted molar refractivity (Wildman–Crippen MR) is 101 cm³/mol. The number of aliphatic hydroxyl groups is 1. The van der Waals surface area contributed by atoms with Crippen LogP contribution in [0.25, 0.3) is 0 Å². The molecule has 0 aliphatic carbocycles. The quantitative estimate of drug-likeness (QED) is 0.589. The van der Waals surface area contributed by atoms with E-state index in [1.54, 1.807) is 25.3 Å². The summed E-state index contributed by atoms with van der Waals surface area (Å²) in [7, 11) is 1.60. The topological polar surface area (TPSA) is 98.3 Å². The summed E-state index contributed by atoms with van der Waals surface area (Å²) in [4.78, 5) is 12.6. The number of carbonyl (C=O) groups is 1. The van der Waals surface area contributed by atoms with Crippen LogP contribution in [0.5, 0.6) is 17.2 Å². The molecule has 3 rings (SSSR count). The zero-order valence-electron chi connectivity index (χ0n) is 15.4. The maximum absolute atomic E-state index is 12.6. The van der Waals surface area contributed by atoms with E-state index >= 15 is 0 Å². The average Bonchev–Trinajstić information content (AvgIpc) is 3.13. The lowest BCUT2D eigenvalue weighted by atomic mass is 9.78. The molecular formula is C18H27ClN2O6. The fourth-order valence-corrected chi connectivity index (χ4v) is 3.23. The molecule has 1 fully saturated rings. The smallest absolute Gasteiger partial charge is 0.231 e. The number of aliphatic hydroxyl groups excluding tert-OH is 1. The molecule has 152 valence electrons. The highest BCUT2D eigenvalue weighted by Gasteiger charge is 2.39. The lowest BCUT2D eigenvalue weighted by Gasteiger charge is -2.35. The highest BCUT2D eigenvalue weighted by molar-refractivity contribution is 5.85. The lowest BCUT2D eigenvalue weighted by Crippen LogP contribution is -2.51. The summed E-state index contributed by atoms with van der Waals surface area (Å²) in [5, 5.41) is 16.2. The molecule has 8 nitrogen and oxygen atoms in total. The molecule has 1 atom stereocenters. The second kappa shape index (κ2) is 9.98. The van der Waals surface area contributed by atoms with E-state index in [0.29, 0.717) is 23.9 Å². The second-order valence-electron chi connectivity index (χ2n) is 6.65. The Kier molecular flexibility index (Phi) is 7.97. The standard InChI is InChI=1S/C18H26N2O6.ClH/c1-23-11-18(4-6-19-7-5-18)17(22)20-9-13(21)10-24-14-2-3-15-16(8-14)26-12-25-15;/h2-3,8,13,19,21H,4-7,9-12H2,1H3,(H,20,22);1H. The van der Waals surface area contributed by atoms with Crippen LogP contribution in [0.4, 0.5) is 0 Å². The Morgan fingerprint density at radius 1 is 1.33 bits per heavy atom. The number of ether oxygens (including phenoxy) is 4. The molecule has 1 aromatic carbocycles. The number of carbonyl (C=O) groups excluding carboxylic acids is 1. The number of benzene rings is 1. The van der Waals surface area contributed by atoms with Gasteiger partial charge in [0.1, 0.15) is 18.5 Å². The molecule has 1 aromatic rings. The Hall–Kier alpha value is -1.74. The Morgan fingerprint density at radius 2 is 2.07 bits per heavy atom. The fourth-order valence-electron chi connectivity index (χ4n) is 3.23. The van der Waals surface area contributed by atoms with Gasteiger partial charge in [0, 0.05) is 19.7 Å². The van der Waals surface area contributed by atoms with Crippen molar-refractivity contribution in [2.45, 2.75) is 18.9 Å². The molecule has 2 aliphatic heterocycles. The Bertz CT molecular complexity index is 618. The van der Waals surface area contributed by atoms with Crippen LogP contribution in [0.2, 0.25) is 0 Å². The molecule has 0 spiro atoms. The summed E-state index contributed by atoms with van der Waals surface area (Å²) in [6, 6.07) is 5.23. The minimum atomic E-state index is -0.814. The summed E-state index contributed by atoms with van der Waals surface area (Å²) < 4.78 is 21.4. The highest BCUT2D eigenvalue weighted by Crippen LogP contribution is 2.35. The van der Waals surface area contributed by atoms with Gasteiger partial charge in [-0.15, -0.1) is 12.4 Å². The van der Waals surface area contributed by atoms with Crippen molar-refractivity contribution in [2.75, 3.05) is 46.8 Å². The van der Waals surface area contributed by atoms with E-state index < -0.39 is 11.5 Å². The summed E-state index contributed by atoms with van der Waals surface area (Å²) in [6.07, 6.45) is 0.623. The van der Waals surface area contributed by atoms with Gasteiger partial charge in [-0.25, -0.2) is 0 Å². The van der Waals surface area contributed by atoms with Crippen LogP contribution in [0.3, 0.4) is 0 Å². The van der Waals surface area contributed by atoms with Gasteiger partial charge in [0.05, 0.1) is 12.0 Å². The summed E-state index contributed by atoms with van der Waals surface area (Å²) in [5.41, 5.74) is -0.530. The molecule has 2 heterocycles. The normalized spacial score (nSPS) is 18.3. The van der Waals surface area contributed by atoms with E-state index in [-0.39, 0.29) is 38.3 Å². The van der Waals surface area contributed by atoms with Crippen LogP contribution in [0, 0.1) is 5.41 Å². The number of methoxy groups -OCH3 is 1. The molecule has 2 aliphatic rings. The van der Waals surface area contributed by atoms with Crippen LogP contribution in [0.15, 0.2) is 18.2 Å². The second-order valence-corrected chi connectivity index (χ2v) is 6.65. The van der Waals surface area contributed by atoms with Gasteiger partial charge in [-0.1, -0.05) is 0 Å². The van der Waals surface area contributed by atoms with Crippen LogP contribution in [0.1, 0.15) is 12.8 Å². The Morgan fingerprint density at radius 3 is 2.81 bits per heavy atom.